The molecule has 1 aliphatic rings. The van der Waals surface area contributed by atoms with Crippen molar-refractivity contribution in [1.82, 2.24) is 9.55 Å². The smallest absolute Gasteiger partial charge is 0.330 e. The Morgan fingerprint density at radius 1 is 1.50 bits per heavy atom. The number of hydrogen-bond acceptors (Lipinski definition) is 7. The number of carbonyl (C=O) groups excluding carboxylic acids is 1. The number of carboxylic acids is 1. The summed E-state index contributed by atoms with van der Waals surface area (Å²) in [4.78, 5) is 50.2. The molecule has 2 N–H and O–H groups in total. The number of carbonyl (C=O) groups is 2. The number of aromatic amines is 1. The number of aryl methyl sites for hydroxylation is 1. The molecule has 26 heavy (non-hydrogen) atoms. The number of esters is 1. The number of hydrogen-bond donors (Lipinski definition) is 2. The normalized spacial score (nSPS) is 21.8. The molecule has 1 aliphatic heterocycles. The molecule has 0 saturated carbocycles. The lowest BCUT2D eigenvalue weighted by molar-refractivity contribution is -0.151. The van der Waals surface area contributed by atoms with Gasteiger partial charge in [-0.2, -0.15) is 0 Å². The van der Waals surface area contributed by atoms with Crippen LogP contribution in [-0.4, -0.2) is 45.3 Å². The van der Waals surface area contributed by atoms with Gasteiger partial charge in [0.05, 0.1) is 18.9 Å². The quantitative estimate of drug-likeness (QED) is 0.299. The molecule has 12 heteroatoms. The van der Waals surface area contributed by atoms with Crippen LogP contribution >= 0.6 is 0 Å². The van der Waals surface area contributed by atoms with Crippen molar-refractivity contribution < 1.29 is 24.2 Å². The van der Waals surface area contributed by atoms with Gasteiger partial charge in [-0.05, 0) is 12.5 Å². The van der Waals surface area contributed by atoms with Crippen LogP contribution in [0.5, 0.6) is 0 Å². The van der Waals surface area contributed by atoms with E-state index in [0.717, 1.165) is 0 Å². The van der Waals surface area contributed by atoms with Crippen molar-refractivity contribution in [2.24, 2.45) is 5.11 Å². The zero-order chi connectivity index (χ0) is 19.3. The maximum atomic E-state index is 11.9. The summed E-state index contributed by atoms with van der Waals surface area (Å²) in [5.41, 5.74) is 7.79. The molecule has 2 heterocycles. The van der Waals surface area contributed by atoms with Crippen molar-refractivity contribution in [2.75, 3.05) is 6.61 Å². The summed E-state index contributed by atoms with van der Waals surface area (Å²) >= 11 is 0. The number of carboxylic acid groups (broad SMARTS) is 1. The van der Waals surface area contributed by atoms with Gasteiger partial charge < -0.3 is 14.6 Å². The maximum Gasteiger partial charge on any atom is 0.330 e. The minimum absolute atomic E-state index is 0.146. The minimum Gasteiger partial charge on any atom is -0.481 e. The molecular formula is C14H17N5O7. The summed E-state index contributed by atoms with van der Waals surface area (Å²) in [6.07, 6.45) is -0.790. The third-order valence-electron chi connectivity index (χ3n) is 3.81. The highest BCUT2D eigenvalue weighted by atomic mass is 16.6. The van der Waals surface area contributed by atoms with Crippen LogP contribution in [0.4, 0.5) is 0 Å². The van der Waals surface area contributed by atoms with Crippen molar-refractivity contribution in [1.29, 1.82) is 0 Å². The summed E-state index contributed by atoms with van der Waals surface area (Å²) in [7, 11) is 0. The summed E-state index contributed by atoms with van der Waals surface area (Å²) < 4.78 is 11.8. The molecule has 0 aliphatic carbocycles. The zero-order valence-corrected chi connectivity index (χ0v) is 13.8. The highest BCUT2D eigenvalue weighted by Crippen LogP contribution is 2.30. The molecule has 3 unspecified atom stereocenters. The molecule has 1 saturated heterocycles. The molecule has 140 valence electrons. The fraction of sp³-hybridized carbons (Fsp3) is 0.571. The van der Waals surface area contributed by atoms with Gasteiger partial charge in [0, 0.05) is 23.1 Å². The summed E-state index contributed by atoms with van der Waals surface area (Å²) in [5.74, 6) is -1.85. The molecule has 2 rings (SSSR count). The van der Waals surface area contributed by atoms with Gasteiger partial charge in [-0.25, -0.2) is 4.79 Å². The number of aromatic nitrogens is 2. The van der Waals surface area contributed by atoms with Crippen LogP contribution in [0.25, 0.3) is 10.4 Å². The third kappa shape index (κ3) is 4.71. The van der Waals surface area contributed by atoms with E-state index in [0.29, 0.717) is 5.56 Å². The van der Waals surface area contributed by atoms with Gasteiger partial charge in [0.1, 0.15) is 18.9 Å². The Labute approximate surface area is 146 Å². The van der Waals surface area contributed by atoms with Crippen LogP contribution < -0.4 is 11.2 Å². The monoisotopic (exact) mass is 367 g/mol. The largest absolute Gasteiger partial charge is 0.481 e. The average molecular weight is 367 g/mol. The van der Waals surface area contributed by atoms with E-state index in [-0.39, 0.29) is 25.9 Å². The average Bonchev–Trinajstić information content (AvgIpc) is 2.97. The van der Waals surface area contributed by atoms with E-state index in [1.54, 1.807) is 0 Å². The first kappa shape index (κ1) is 19.2. The standard InChI is InChI=1S/C14H17N5O7/c1-7-5-19(14(24)16-13(7)23)10-4-8(17-18-15)9(26-10)6-25-12(22)3-2-11(20)21/h5,8-10H,2-4,6H2,1H3,(H,20,21)(H,16,23,24). The van der Waals surface area contributed by atoms with Crippen LogP contribution in [0.15, 0.2) is 20.9 Å². The Balaban J connectivity index is 2.08. The highest BCUT2D eigenvalue weighted by Gasteiger charge is 2.37. The first-order valence-electron chi connectivity index (χ1n) is 7.71. The lowest BCUT2D eigenvalue weighted by Crippen LogP contribution is -2.33. The Hall–Kier alpha value is -3.11. The molecule has 0 amide bonds. The zero-order valence-electron chi connectivity index (χ0n) is 13.8. The fourth-order valence-electron chi connectivity index (χ4n) is 2.48. The van der Waals surface area contributed by atoms with E-state index < -0.39 is 41.6 Å². The maximum absolute atomic E-state index is 11.9. The Morgan fingerprint density at radius 2 is 2.23 bits per heavy atom. The molecule has 12 nitrogen and oxygen atoms in total. The molecule has 0 radical (unpaired) electrons. The van der Waals surface area contributed by atoms with Gasteiger partial charge in [0.15, 0.2) is 0 Å². The van der Waals surface area contributed by atoms with Gasteiger partial charge in [-0.15, -0.1) is 0 Å². The van der Waals surface area contributed by atoms with Gasteiger partial charge >= 0.3 is 17.6 Å². The Bertz CT molecular complexity index is 854. The summed E-state index contributed by atoms with van der Waals surface area (Å²) in [6.45, 7) is 1.27. The number of nitrogens with one attached hydrogen (secondary N) is 1. The topological polar surface area (TPSA) is 176 Å². The second kappa shape index (κ2) is 8.32. The van der Waals surface area contributed by atoms with Crippen LogP contribution in [0.1, 0.15) is 31.1 Å². The van der Waals surface area contributed by atoms with E-state index in [9.17, 15) is 19.2 Å². The second-order valence-electron chi connectivity index (χ2n) is 5.69. The Kier molecular flexibility index (Phi) is 6.15. The lowest BCUT2D eigenvalue weighted by atomic mass is 10.1. The van der Waals surface area contributed by atoms with Crippen LogP contribution in [0.2, 0.25) is 0 Å². The highest BCUT2D eigenvalue weighted by molar-refractivity contribution is 5.76. The Morgan fingerprint density at radius 3 is 2.88 bits per heavy atom. The number of H-pyrrole nitrogens is 1. The van der Waals surface area contributed by atoms with Crippen molar-refractivity contribution in [3.05, 3.63) is 43.0 Å². The van der Waals surface area contributed by atoms with Crippen LogP contribution in [0, 0.1) is 6.92 Å². The van der Waals surface area contributed by atoms with E-state index in [1.165, 1.54) is 17.7 Å². The molecule has 0 bridgehead atoms. The number of nitrogens with zero attached hydrogens (tertiary/aromatic N) is 4. The number of rotatable bonds is 7. The van der Waals surface area contributed by atoms with E-state index in [4.69, 9.17) is 20.1 Å². The summed E-state index contributed by atoms with van der Waals surface area (Å²) in [6, 6.07) is -0.698. The first-order chi connectivity index (χ1) is 12.3. The van der Waals surface area contributed by atoms with Gasteiger partial charge in [-0.3, -0.25) is 23.9 Å². The molecule has 1 aromatic heterocycles. The van der Waals surface area contributed by atoms with E-state index >= 15 is 0 Å². The fourth-order valence-corrected chi connectivity index (χ4v) is 2.48. The van der Waals surface area contributed by atoms with E-state index in [2.05, 4.69) is 15.0 Å². The molecule has 0 aromatic carbocycles. The molecule has 1 aromatic rings. The predicted octanol–water partition coefficient (Wildman–Crippen LogP) is 0.219. The molecule has 1 fully saturated rings. The number of ether oxygens (including phenoxy) is 2. The number of aliphatic carboxylic acids is 1. The molecular weight excluding hydrogens is 350 g/mol. The van der Waals surface area contributed by atoms with Gasteiger partial charge in [0.25, 0.3) is 5.56 Å². The van der Waals surface area contributed by atoms with Crippen molar-refractivity contribution in [2.45, 2.75) is 44.6 Å². The van der Waals surface area contributed by atoms with E-state index in [1.807, 2.05) is 0 Å². The minimum atomic E-state index is -1.13. The first-order valence-corrected chi connectivity index (χ1v) is 7.71. The van der Waals surface area contributed by atoms with Crippen molar-refractivity contribution in [3.63, 3.8) is 0 Å². The second-order valence-corrected chi connectivity index (χ2v) is 5.69. The molecule has 3 atom stereocenters. The van der Waals surface area contributed by atoms with Crippen LogP contribution in [0.3, 0.4) is 0 Å². The van der Waals surface area contributed by atoms with Crippen LogP contribution in [-0.2, 0) is 19.1 Å². The number of azide groups is 1. The predicted molar refractivity (Wildman–Crippen MR) is 85.3 cm³/mol. The van der Waals surface area contributed by atoms with Crippen molar-refractivity contribution in [3.8, 4) is 0 Å². The molecule has 0 spiro atoms. The van der Waals surface area contributed by atoms with Gasteiger partial charge in [0.2, 0.25) is 0 Å². The van der Waals surface area contributed by atoms with Gasteiger partial charge in [-0.1, -0.05) is 5.11 Å². The lowest BCUT2D eigenvalue weighted by Gasteiger charge is -2.16. The SMILES string of the molecule is Cc1cn(C2CC(N=[N+]=[N-])C(COC(=O)CCC(=O)O)O2)c(=O)[nH]c1=O. The summed E-state index contributed by atoms with van der Waals surface area (Å²) in [5, 5.41) is 12.1. The van der Waals surface area contributed by atoms with Crippen molar-refractivity contribution >= 4 is 11.9 Å². The third-order valence-corrected chi connectivity index (χ3v) is 3.81.